The molecule has 0 bridgehead atoms. The molecule has 164 valence electrons. The summed E-state index contributed by atoms with van der Waals surface area (Å²) in [5, 5.41) is 0. The molecule has 0 aromatic rings. The molecule has 0 aliphatic rings. The van der Waals surface area contributed by atoms with Crippen molar-refractivity contribution in [2.24, 2.45) is 0 Å². The predicted molar refractivity (Wildman–Crippen MR) is 129 cm³/mol. The van der Waals surface area contributed by atoms with Crippen molar-refractivity contribution in [1.29, 1.82) is 0 Å². The van der Waals surface area contributed by atoms with Gasteiger partial charge in [-0.2, -0.15) is 0 Å². The topological polar surface area (TPSA) is 9.23 Å². The lowest BCUT2D eigenvalue weighted by Crippen LogP contribution is -2.22. The summed E-state index contributed by atoms with van der Waals surface area (Å²) in [7, 11) is -0.931. The van der Waals surface area contributed by atoms with Crippen LogP contribution in [0, 0.1) is 0 Å². The van der Waals surface area contributed by atoms with Crippen molar-refractivity contribution in [2.45, 2.75) is 136 Å². The molecule has 27 heavy (non-hydrogen) atoms. The minimum Gasteiger partial charge on any atom is -0.344 e. The summed E-state index contributed by atoms with van der Waals surface area (Å²) in [6.45, 7) is 12.9. The highest BCUT2D eigenvalue weighted by atomic mass is 31.2. The van der Waals surface area contributed by atoms with Crippen molar-refractivity contribution in [3.63, 3.8) is 0 Å². The first-order chi connectivity index (χ1) is 13.1. The molecule has 0 aliphatic heterocycles. The van der Waals surface area contributed by atoms with Gasteiger partial charge < -0.3 is 4.74 Å². The van der Waals surface area contributed by atoms with Crippen LogP contribution in [0.2, 0.25) is 0 Å². The van der Waals surface area contributed by atoms with Gasteiger partial charge in [-0.3, -0.25) is 0 Å². The summed E-state index contributed by atoms with van der Waals surface area (Å²) < 4.78 is 6.56. The van der Waals surface area contributed by atoms with Gasteiger partial charge >= 0.3 is 0 Å². The molecule has 0 amide bonds. The van der Waals surface area contributed by atoms with Gasteiger partial charge in [-0.15, -0.1) is 0 Å². The molecule has 1 atom stereocenters. The molecule has 0 spiro atoms. The molecule has 2 heteroatoms. The van der Waals surface area contributed by atoms with E-state index in [1.165, 1.54) is 115 Å². The molecule has 0 radical (unpaired) electrons. The Balaban J connectivity index is 4.03. The van der Waals surface area contributed by atoms with Crippen molar-refractivity contribution in [3.05, 3.63) is 0 Å². The van der Waals surface area contributed by atoms with E-state index in [1.807, 2.05) is 0 Å². The number of unbranched alkanes of at least 4 members (excludes halogenated alkanes) is 11. The van der Waals surface area contributed by atoms with E-state index in [0.29, 0.717) is 5.85 Å². The Morgan fingerprint density at radius 1 is 0.556 bits per heavy atom. The Morgan fingerprint density at radius 2 is 1.00 bits per heavy atom. The lowest BCUT2D eigenvalue weighted by atomic mass is 10.1. The summed E-state index contributed by atoms with van der Waals surface area (Å²) in [4.78, 5) is 0. The third-order valence-corrected chi connectivity index (χ3v) is 10.6. The Morgan fingerprint density at radius 3 is 1.44 bits per heavy atom. The van der Waals surface area contributed by atoms with Gasteiger partial charge in [0, 0.05) is 13.7 Å². The maximum atomic E-state index is 6.56. The first-order valence-corrected chi connectivity index (χ1v) is 15.3. The quantitative estimate of drug-likeness (QED) is 0.137. The lowest BCUT2D eigenvalue weighted by Gasteiger charge is -2.31. The summed E-state index contributed by atoms with van der Waals surface area (Å²) in [5.41, 5.74) is 0. The highest BCUT2D eigenvalue weighted by Gasteiger charge is 2.40. The van der Waals surface area contributed by atoms with Crippen molar-refractivity contribution in [2.75, 3.05) is 25.6 Å². The number of ether oxygens (including phenoxy) is 1. The number of rotatable bonds is 21. The molecule has 0 rings (SSSR count). The van der Waals surface area contributed by atoms with Crippen LogP contribution in [-0.4, -0.2) is 31.4 Å². The molecule has 1 unspecified atom stereocenters. The van der Waals surface area contributed by atoms with Gasteiger partial charge in [-0.1, -0.05) is 105 Å². The first kappa shape index (κ1) is 27.4. The summed E-state index contributed by atoms with van der Waals surface area (Å²) in [6, 6.07) is 0. The van der Waals surface area contributed by atoms with Crippen LogP contribution < -0.4 is 0 Å². The van der Waals surface area contributed by atoms with Gasteiger partial charge in [-0.05, 0) is 19.3 Å². The van der Waals surface area contributed by atoms with E-state index in [0.717, 1.165) is 6.61 Å². The van der Waals surface area contributed by atoms with E-state index in [1.54, 1.807) is 0 Å². The van der Waals surface area contributed by atoms with Crippen LogP contribution in [-0.2, 0) is 4.74 Å². The van der Waals surface area contributed by atoms with Crippen LogP contribution in [0.25, 0.3) is 0 Å². The van der Waals surface area contributed by atoms with Gasteiger partial charge in [0.15, 0.2) is 5.85 Å². The highest BCUT2D eigenvalue weighted by Crippen LogP contribution is 2.62. The third kappa shape index (κ3) is 15.0. The van der Waals surface area contributed by atoms with E-state index in [2.05, 4.69) is 34.4 Å². The second kappa shape index (κ2) is 19.7. The van der Waals surface area contributed by atoms with E-state index >= 15 is 0 Å². The normalized spacial score (nSPS) is 13.2. The molecule has 0 aromatic carbocycles. The first-order valence-electron chi connectivity index (χ1n) is 12.6. The molecule has 0 N–H and O–H groups in total. The summed E-state index contributed by atoms with van der Waals surface area (Å²) in [5.74, 6) is 0.583. The fraction of sp³-hybridized carbons (Fsp3) is 1.00. The van der Waals surface area contributed by atoms with Crippen LogP contribution in [0.3, 0.4) is 0 Å². The largest absolute Gasteiger partial charge is 0.344 e. The molecule has 0 saturated heterocycles. The molecular formula is C25H54OP+. The molecule has 0 saturated carbocycles. The molecule has 0 fully saturated rings. The van der Waals surface area contributed by atoms with Gasteiger partial charge in [0.1, 0.15) is 0 Å². The molecule has 0 aromatic heterocycles. The second-order valence-corrected chi connectivity index (χ2v) is 13.4. The maximum absolute atomic E-state index is 6.56. The Labute approximate surface area is 174 Å². The average molecular weight is 402 g/mol. The second-order valence-electron chi connectivity index (χ2n) is 8.93. The Bertz CT molecular complexity index is 284. The molecular weight excluding hydrogens is 347 g/mol. The highest BCUT2D eigenvalue weighted by molar-refractivity contribution is 7.75. The molecule has 0 heterocycles. The zero-order valence-corrected chi connectivity index (χ0v) is 20.8. The predicted octanol–water partition coefficient (Wildman–Crippen LogP) is 9.30. The van der Waals surface area contributed by atoms with Crippen LogP contribution in [0.1, 0.15) is 130 Å². The number of hydrogen-bond acceptors (Lipinski definition) is 1. The smallest absolute Gasteiger partial charge is 0.166 e. The van der Waals surface area contributed by atoms with Crippen molar-refractivity contribution in [1.82, 2.24) is 0 Å². The number of hydrogen-bond donors (Lipinski definition) is 0. The third-order valence-electron chi connectivity index (χ3n) is 6.08. The van der Waals surface area contributed by atoms with Crippen LogP contribution in [0.5, 0.6) is 0 Å². The van der Waals surface area contributed by atoms with E-state index in [9.17, 15) is 0 Å². The van der Waals surface area contributed by atoms with Gasteiger partial charge in [0.2, 0.25) is 0 Å². The van der Waals surface area contributed by atoms with E-state index in [-0.39, 0.29) is 0 Å². The fourth-order valence-electron chi connectivity index (χ4n) is 4.07. The van der Waals surface area contributed by atoms with Crippen molar-refractivity contribution >= 4 is 7.26 Å². The summed E-state index contributed by atoms with van der Waals surface area (Å²) in [6.07, 6.45) is 25.0. The SMILES string of the molecule is CCCCCCCCCCCCOC(CCC)[P+](C)(CCCC)CCCC. The Hall–Kier alpha value is 0.390. The van der Waals surface area contributed by atoms with Gasteiger partial charge in [0.25, 0.3) is 0 Å². The van der Waals surface area contributed by atoms with E-state index < -0.39 is 7.26 Å². The Kier molecular flexibility index (Phi) is 20.0. The zero-order valence-electron chi connectivity index (χ0n) is 19.9. The lowest BCUT2D eigenvalue weighted by molar-refractivity contribution is 0.0964. The summed E-state index contributed by atoms with van der Waals surface area (Å²) >= 11 is 0. The van der Waals surface area contributed by atoms with Crippen molar-refractivity contribution < 1.29 is 4.74 Å². The molecule has 1 nitrogen and oxygen atoms in total. The van der Waals surface area contributed by atoms with Gasteiger partial charge in [-0.25, -0.2) is 0 Å². The minimum atomic E-state index is -0.931. The minimum absolute atomic E-state index is 0.583. The van der Waals surface area contributed by atoms with Crippen LogP contribution in [0.4, 0.5) is 0 Å². The van der Waals surface area contributed by atoms with Gasteiger partial charge in [0.05, 0.1) is 25.6 Å². The molecule has 0 aliphatic carbocycles. The van der Waals surface area contributed by atoms with Crippen molar-refractivity contribution in [3.8, 4) is 0 Å². The van der Waals surface area contributed by atoms with Crippen LogP contribution >= 0.6 is 7.26 Å². The average Bonchev–Trinajstić information content (AvgIpc) is 2.68. The maximum Gasteiger partial charge on any atom is 0.166 e. The fourth-order valence-corrected chi connectivity index (χ4v) is 8.29. The zero-order chi connectivity index (χ0) is 20.2. The standard InChI is InChI=1S/C25H54OP/c1-6-10-13-14-15-16-17-18-19-20-22-26-25(21-9-4)27(5,23-11-7-2)24-12-8-3/h25H,6-24H2,1-5H3/q+1. The van der Waals surface area contributed by atoms with E-state index in [4.69, 9.17) is 4.74 Å². The van der Waals surface area contributed by atoms with Crippen LogP contribution in [0.15, 0.2) is 0 Å². The monoisotopic (exact) mass is 401 g/mol.